The van der Waals surface area contributed by atoms with Gasteiger partial charge in [0.25, 0.3) is 5.91 Å². The first-order chi connectivity index (χ1) is 7.04. The molecule has 3 N–H and O–H groups in total. The highest BCUT2D eigenvalue weighted by atomic mass is 16.1. The van der Waals surface area contributed by atoms with E-state index >= 15 is 0 Å². The average molecular weight is 207 g/mol. The zero-order valence-electron chi connectivity index (χ0n) is 9.37. The van der Waals surface area contributed by atoms with Gasteiger partial charge in [0.05, 0.1) is 11.3 Å². The number of carbonyl (C=O) groups excluding carboxylic acids is 1. The highest BCUT2D eigenvalue weighted by molar-refractivity contribution is 5.95. The molecule has 0 aliphatic heterocycles. The third-order valence-corrected chi connectivity index (χ3v) is 2.20. The first kappa shape index (κ1) is 11.7. The van der Waals surface area contributed by atoms with Gasteiger partial charge in [-0.1, -0.05) is 0 Å². The summed E-state index contributed by atoms with van der Waals surface area (Å²) in [4.78, 5) is 16.0. The van der Waals surface area contributed by atoms with E-state index in [-0.39, 0.29) is 11.9 Å². The van der Waals surface area contributed by atoms with Crippen LogP contribution in [0.2, 0.25) is 0 Å². The van der Waals surface area contributed by atoms with Crippen LogP contribution in [0.5, 0.6) is 0 Å². The highest BCUT2D eigenvalue weighted by Gasteiger charge is 2.11. The lowest BCUT2D eigenvalue weighted by molar-refractivity contribution is 0.0940. The SMILES string of the molecule is Cc1ccc(C(=O)NC(C)CN)c(C)n1. The Balaban J connectivity index is 2.82. The van der Waals surface area contributed by atoms with Crippen molar-refractivity contribution in [3.05, 3.63) is 29.1 Å². The summed E-state index contributed by atoms with van der Waals surface area (Å²) in [6.45, 7) is 6.03. The minimum atomic E-state index is -0.113. The van der Waals surface area contributed by atoms with E-state index in [0.29, 0.717) is 12.1 Å². The summed E-state index contributed by atoms with van der Waals surface area (Å²) in [5.74, 6) is -0.113. The number of pyridine rings is 1. The summed E-state index contributed by atoms with van der Waals surface area (Å²) >= 11 is 0. The normalized spacial score (nSPS) is 12.3. The van der Waals surface area contributed by atoms with Crippen molar-refractivity contribution < 1.29 is 4.79 Å². The lowest BCUT2D eigenvalue weighted by Gasteiger charge is -2.12. The smallest absolute Gasteiger partial charge is 0.253 e. The number of nitrogens with two attached hydrogens (primary N) is 1. The Bertz CT molecular complexity index is 363. The molecule has 0 saturated heterocycles. The van der Waals surface area contributed by atoms with Crippen molar-refractivity contribution in [1.82, 2.24) is 10.3 Å². The molecule has 0 spiro atoms. The number of nitrogens with zero attached hydrogens (tertiary/aromatic N) is 1. The van der Waals surface area contributed by atoms with Crippen LogP contribution in [0.1, 0.15) is 28.7 Å². The van der Waals surface area contributed by atoms with Crippen LogP contribution in [0, 0.1) is 13.8 Å². The van der Waals surface area contributed by atoms with E-state index in [1.165, 1.54) is 0 Å². The van der Waals surface area contributed by atoms with Crippen LogP contribution >= 0.6 is 0 Å². The average Bonchev–Trinajstić information content (AvgIpc) is 2.17. The summed E-state index contributed by atoms with van der Waals surface area (Å²) in [6, 6.07) is 3.60. The van der Waals surface area contributed by atoms with Crippen LogP contribution in [0.4, 0.5) is 0 Å². The van der Waals surface area contributed by atoms with Gasteiger partial charge in [0.15, 0.2) is 0 Å². The maximum Gasteiger partial charge on any atom is 0.253 e. The molecule has 1 unspecified atom stereocenters. The van der Waals surface area contributed by atoms with Gasteiger partial charge in [-0.3, -0.25) is 9.78 Å². The van der Waals surface area contributed by atoms with Crippen molar-refractivity contribution in [3.63, 3.8) is 0 Å². The molecule has 4 nitrogen and oxygen atoms in total. The summed E-state index contributed by atoms with van der Waals surface area (Å²) in [7, 11) is 0. The third kappa shape index (κ3) is 3.02. The molecule has 0 aliphatic carbocycles. The number of hydrogen-bond acceptors (Lipinski definition) is 3. The molecule has 1 amide bonds. The van der Waals surface area contributed by atoms with Gasteiger partial charge in [-0.2, -0.15) is 0 Å². The van der Waals surface area contributed by atoms with Crippen LogP contribution in [0.25, 0.3) is 0 Å². The van der Waals surface area contributed by atoms with Gasteiger partial charge in [-0.25, -0.2) is 0 Å². The Kier molecular flexibility index (Phi) is 3.80. The Morgan fingerprint density at radius 1 is 1.53 bits per heavy atom. The molecule has 1 atom stereocenters. The first-order valence-corrected chi connectivity index (χ1v) is 4.99. The molecular formula is C11H17N3O. The second-order valence-electron chi connectivity index (χ2n) is 3.70. The first-order valence-electron chi connectivity index (χ1n) is 4.99. The van der Waals surface area contributed by atoms with Crippen molar-refractivity contribution >= 4 is 5.91 Å². The maximum atomic E-state index is 11.7. The predicted molar refractivity (Wildman–Crippen MR) is 59.7 cm³/mol. The Labute approximate surface area is 89.9 Å². The summed E-state index contributed by atoms with van der Waals surface area (Å²) < 4.78 is 0. The summed E-state index contributed by atoms with van der Waals surface area (Å²) in [5, 5.41) is 2.80. The molecule has 0 radical (unpaired) electrons. The number of rotatable bonds is 3. The largest absolute Gasteiger partial charge is 0.348 e. The van der Waals surface area contributed by atoms with Crippen LogP contribution in [-0.2, 0) is 0 Å². The molecule has 4 heteroatoms. The fourth-order valence-electron chi connectivity index (χ4n) is 1.29. The van der Waals surface area contributed by atoms with E-state index in [4.69, 9.17) is 5.73 Å². The number of aryl methyl sites for hydroxylation is 2. The third-order valence-electron chi connectivity index (χ3n) is 2.20. The Hall–Kier alpha value is -1.42. The topological polar surface area (TPSA) is 68.0 Å². The van der Waals surface area contributed by atoms with Gasteiger partial charge in [0.2, 0.25) is 0 Å². The minimum Gasteiger partial charge on any atom is -0.348 e. The van der Waals surface area contributed by atoms with Crippen molar-refractivity contribution in [2.45, 2.75) is 26.8 Å². The van der Waals surface area contributed by atoms with Gasteiger partial charge in [-0.05, 0) is 32.9 Å². The molecule has 82 valence electrons. The molecule has 1 aromatic heterocycles. The van der Waals surface area contributed by atoms with E-state index in [9.17, 15) is 4.79 Å². The molecule has 1 rings (SSSR count). The molecule has 1 heterocycles. The van der Waals surface area contributed by atoms with Crippen LogP contribution in [0.15, 0.2) is 12.1 Å². The van der Waals surface area contributed by atoms with Crippen molar-refractivity contribution in [3.8, 4) is 0 Å². The van der Waals surface area contributed by atoms with Gasteiger partial charge in [0, 0.05) is 18.3 Å². The van der Waals surface area contributed by atoms with E-state index in [1.54, 1.807) is 6.07 Å². The Morgan fingerprint density at radius 2 is 2.20 bits per heavy atom. The quantitative estimate of drug-likeness (QED) is 0.769. The van der Waals surface area contributed by atoms with Crippen LogP contribution in [0.3, 0.4) is 0 Å². The second kappa shape index (κ2) is 4.89. The van der Waals surface area contributed by atoms with Gasteiger partial charge in [0.1, 0.15) is 0 Å². The summed E-state index contributed by atoms with van der Waals surface area (Å²) in [5.41, 5.74) is 7.70. The molecule has 0 bridgehead atoms. The van der Waals surface area contributed by atoms with E-state index in [0.717, 1.165) is 11.4 Å². The molecule has 0 aliphatic rings. The number of carbonyl (C=O) groups is 1. The standard InChI is InChI=1S/C11H17N3O/c1-7-4-5-10(9(3)13-7)11(15)14-8(2)6-12/h4-5,8H,6,12H2,1-3H3,(H,14,15). The van der Waals surface area contributed by atoms with Crippen molar-refractivity contribution in [1.29, 1.82) is 0 Å². The number of hydrogen-bond donors (Lipinski definition) is 2. The molecular weight excluding hydrogens is 190 g/mol. The van der Waals surface area contributed by atoms with Crippen LogP contribution in [-0.4, -0.2) is 23.5 Å². The summed E-state index contributed by atoms with van der Waals surface area (Å²) in [6.07, 6.45) is 0. The molecule has 15 heavy (non-hydrogen) atoms. The molecule has 1 aromatic rings. The zero-order chi connectivity index (χ0) is 11.4. The van der Waals surface area contributed by atoms with Crippen LogP contribution < -0.4 is 11.1 Å². The maximum absolute atomic E-state index is 11.7. The number of aromatic nitrogens is 1. The van der Waals surface area contributed by atoms with Crippen molar-refractivity contribution in [2.75, 3.05) is 6.54 Å². The number of amides is 1. The van der Waals surface area contributed by atoms with Crippen molar-refractivity contribution in [2.24, 2.45) is 5.73 Å². The molecule has 0 fully saturated rings. The van der Waals surface area contributed by atoms with E-state index in [1.807, 2.05) is 26.8 Å². The fourth-order valence-corrected chi connectivity index (χ4v) is 1.29. The lowest BCUT2D eigenvalue weighted by atomic mass is 10.1. The Morgan fingerprint density at radius 3 is 2.73 bits per heavy atom. The molecule has 0 saturated carbocycles. The highest BCUT2D eigenvalue weighted by Crippen LogP contribution is 2.06. The van der Waals surface area contributed by atoms with Gasteiger partial charge >= 0.3 is 0 Å². The predicted octanol–water partition coefficient (Wildman–Crippen LogP) is 0.775. The van der Waals surface area contributed by atoms with Gasteiger partial charge < -0.3 is 11.1 Å². The monoisotopic (exact) mass is 207 g/mol. The number of nitrogens with one attached hydrogen (secondary N) is 1. The lowest BCUT2D eigenvalue weighted by Crippen LogP contribution is -2.38. The van der Waals surface area contributed by atoms with E-state index < -0.39 is 0 Å². The zero-order valence-corrected chi connectivity index (χ0v) is 9.37. The molecule has 0 aromatic carbocycles. The van der Waals surface area contributed by atoms with E-state index in [2.05, 4.69) is 10.3 Å². The minimum absolute atomic E-state index is 0.0156. The second-order valence-corrected chi connectivity index (χ2v) is 3.70. The fraction of sp³-hybridized carbons (Fsp3) is 0.455. The van der Waals surface area contributed by atoms with Gasteiger partial charge in [-0.15, -0.1) is 0 Å².